The quantitative estimate of drug-likeness (QED) is 0.438. The monoisotopic (exact) mass is 499 g/mol. The van der Waals surface area contributed by atoms with Gasteiger partial charge in [-0.2, -0.15) is 0 Å². The highest BCUT2D eigenvalue weighted by Crippen LogP contribution is 2.38. The predicted molar refractivity (Wildman–Crippen MR) is 147 cm³/mol. The zero-order chi connectivity index (χ0) is 25.1. The van der Waals surface area contributed by atoms with Crippen molar-refractivity contribution in [3.8, 4) is 0 Å². The molecule has 0 aromatic heterocycles. The third-order valence-electron chi connectivity index (χ3n) is 6.48. The summed E-state index contributed by atoms with van der Waals surface area (Å²) in [6, 6.07) is 21.7. The Labute approximate surface area is 215 Å². The molecule has 36 heavy (non-hydrogen) atoms. The number of nitrogens with zero attached hydrogens (tertiary/aromatic N) is 2. The van der Waals surface area contributed by atoms with Crippen molar-refractivity contribution in [3.63, 3.8) is 0 Å². The van der Waals surface area contributed by atoms with Gasteiger partial charge in [-0.05, 0) is 55.6 Å². The van der Waals surface area contributed by atoms with Gasteiger partial charge in [-0.1, -0.05) is 30.0 Å². The third kappa shape index (κ3) is 5.10. The van der Waals surface area contributed by atoms with Gasteiger partial charge in [0.2, 0.25) is 0 Å². The molecule has 0 spiro atoms. The van der Waals surface area contributed by atoms with Crippen LogP contribution in [0.3, 0.4) is 0 Å². The minimum atomic E-state index is -0.139. The lowest BCUT2D eigenvalue weighted by molar-refractivity contribution is -0.110. The molecule has 0 saturated carbocycles. The SMILES string of the molecule is CNC(=O)c1ccccc1Sc1ccc2c(c1)NC(=O)C2=CNc1ccc(N2CCN(C)CC2)cc1. The molecule has 2 aliphatic heterocycles. The van der Waals surface area contributed by atoms with Gasteiger partial charge in [0.1, 0.15) is 0 Å². The summed E-state index contributed by atoms with van der Waals surface area (Å²) in [5.41, 5.74) is 4.98. The van der Waals surface area contributed by atoms with E-state index in [4.69, 9.17) is 0 Å². The standard InChI is InChI=1S/C28H29N5O2S/c1-29-27(34)23-5-3-4-6-26(23)36-21-11-12-22-24(28(35)31-25(22)17-21)18-30-19-7-9-20(10-8-19)33-15-13-32(2)14-16-33/h3-12,17-18,30H,13-16H2,1-2H3,(H,29,34)(H,31,35). The molecular weight excluding hydrogens is 470 g/mol. The average Bonchev–Trinajstić information content (AvgIpc) is 3.22. The van der Waals surface area contributed by atoms with Crippen LogP contribution in [0.15, 0.2) is 82.7 Å². The smallest absolute Gasteiger partial charge is 0.257 e. The topological polar surface area (TPSA) is 76.7 Å². The lowest BCUT2D eigenvalue weighted by Gasteiger charge is -2.34. The molecule has 2 aliphatic rings. The number of piperazine rings is 1. The summed E-state index contributed by atoms with van der Waals surface area (Å²) < 4.78 is 0. The Morgan fingerprint density at radius 2 is 1.75 bits per heavy atom. The molecule has 2 heterocycles. The Kier molecular flexibility index (Phi) is 6.97. The Balaban J connectivity index is 1.29. The second-order valence-electron chi connectivity index (χ2n) is 8.88. The number of rotatable bonds is 6. The maximum absolute atomic E-state index is 12.7. The minimum Gasteiger partial charge on any atom is -0.369 e. The van der Waals surface area contributed by atoms with E-state index >= 15 is 0 Å². The maximum Gasteiger partial charge on any atom is 0.257 e. The van der Waals surface area contributed by atoms with Gasteiger partial charge in [0.15, 0.2) is 0 Å². The molecule has 0 aliphatic carbocycles. The number of carbonyl (C=O) groups is 2. The Hall–Kier alpha value is -3.75. The maximum atomic E-state index is 12.7. The molecule has 8 heteroatoms. The molecule has 184 valence electrons. The summed E-state index contributed by atoms with van der Waals surface area (Å²) in [7, 11) is 3.78. The highest BCUT2D eigenvalue weighted by atomic mass is 32.2. The van der Waals surface area contributed by atoms with Gasteiger partial charge < -0.3 is 25.8 Å². The van der Waals surface area contributed by atoms with Crippen molar-refractivity contribution in [1.29, 1.82) is 0 Å². The molecule has 0 unspecified atom stereocenters. The van der Waals surface area contributed by atoms with E-state index in [0.29, 0.717) is 11.1 Å². The second kappa shape index (κ2) is 10.5. The van der Waals surface area contributed by atoms with Crippen molar-refractivity contribution in [2.24, 2.45) is 0 Å². The summed E-state index contributed by atoms with van der Waals surface area (Å²) >= 11 is 1.50. The van der Waals surface area contributed by atoms with Crippen LogP contribution in [-0.4, -0.2) is 57.0 Å². The van der Waals surface area contributed by atoms with Gasteiger partial charge in [0.25, 0.3) is 11.8 Å². The van der Waals surface area contributed by atoms with Crippen LogP contribution in [-0.2, 0) is 4.79 Å². The van der Waals surface area contributed by atoms with Gasteiger partial charge in [-0.25, -0.2) is 0 Å². The molecule has 1 fully saturated rings. The number of hydrogen-bond donors (Lipinski definition) is 3. The average molecular weight is 500 g/mol. The van der Waals surface area contributed by atoms with Gasteiger partial charge in [0.05, 0.1) is 16.8 Å². The molecule has 0 bridgehead atoms. The third-order valence-corrected chi connectivity index (χ3v) is 7.55. The zero-order valence-corrected chi connectivity index (χ0v) is 21.2. The molecule has 2 amide bonds. The van der Waals surface area contributed by atoms with E-state index in [-0.39, 0.29) is 11.8 Å². The van der Waals surface area contributed by atoms with Crippen molar-refractivity contribution in [1.82, 2.24) is 10.2 Å². The number of nitrogens with one attached hydrogen (secondary N) is 3. The fraction of sp³-hybridized carbons (Fsp3) is 0.214. The number of fused-ring (bicyclic) bond motifs is 1. The van der Waals surface area contributed by atoms with Crippen LogP contribution >= 0.6 is 11.8 Å². The van der Waals surface area contributed by atoms with Crippen LogP contribution in [0, 0.1) is 0 Å². The van der Waals surface area contributed by atoms with E-state index in [1.807, 2.05) is 48.5 Å². The Morgan fingerprint density at radius 1 is 1.00 bits per heavy atom. The number of likely N-dealkylation sites (N-methyl/N-ethyl adjacent to an activating group) is 1. The van der Waals surface area contributed by atoms with Crippen molar-refractivity contribution >= 4 is 46.2 Å². The van der Waals surface area contributed by atoms with Gasteiger partial charge in [-0.15, -0.1) is 0 Å². The van der Waals surface area contributed by atoms with E-state index in [1.165, 1.54) is 17.4 Å². The van der Waals surface area contributed by atoms with Crippen molar-refractivity contribution in [2.45, 2.75) is 9.79 Å². The van der Waals surface area contributed by atoms with Crippen LogP contribution in [0.2, 0.25) is 0 Å². The first-order chi connectivity index (χ1) is 17.5. The lowest BCUT2D eigenvalue weighted by atomic mass is 10.1. The number of amides is 2. The number of benzene rings is 3. The lowest BCUT2D eigenvalue weighted by Crippen LogP contribution is -2.44. The Bertz CT molecular complexity index is 1310. The zero-order valence-electron chi connectivity index (χ0n) is 20.4. The fourth-order valence-corrected chi connectivity index (χ4v) is 5.36. The largest absolute Gasteiger partial charge is 0.369 e. The highest BCUT2D eigenvalue weighted by Gasteiger charge is 2.24. The minimum absolute atomic E-state index is 0.125. The van der Waals surface area contributed by atoms with Crippen LogP contribution in [0.1, 0.15) is 15.9 Å². The summed E-state index contributed by atoms with van der Waals surface area (Å²) in [6.07, 6.45) is 1.76. The molecular formula is C28H29N5O2S. The van der Waals surface area contributed by atoms with Gasteiger partial charge >= 0.3 is 0 Å². The first-order valence-corrected chi connectivity index (χ1v) is 12.8. The van der Waals surface area contributed by atoms with Crippen molar-refractivity contribution in [2.75, 3.05) is 55.8 Å². The van der Waals surface area contributed by atoms with Crippen LogP contribution in [0.25, 0.3) is 5.57 Å². The molecule has 3 aromatic rings. The molecule has 3 aromatic carbocycles. The Morgan fingerprint density at radius 3 is 2.50 bits per heavy atom. The van der Waals surface area contributed by atoms with Crippen molar-refractivity contribution < 1.29 is 9.59 Å². The summed E-state index contributed by atoms with van der Waals surface area (Å²) in [5, 5.41) is 8.92. The van der Waals surface area contributed by atoms with Gasteiger partial charge in [0, 0.05) is 66.2 Å². The highest BCUT2D eigenvalue weighted by molar-refractivity contribution is 7.99. The first kappa shape index (κ1) is 24.0. The first-order valence-electron chi connectivity index (χ1n) is 12.0. The van der Waals surface area contributed by atoms with E-state index < -0.39 is 0 Å². The van der Waals surface area contributed by atoms with E-state index in [0.717, 1.165) is 52.9 Å². The summed E-state index contributed by atoms with van der Waals surface area (Å²) in [5.74, 6) is -0.264. The van der Waals surface area contributed by atoms with E-state index in [9.17, 15) is 9.59 Å². The number of hydrogen-bond acceptors (Lipinski definition) is 6. The van der Waals surface area contributed by atoms with Crippen LogP contribution in [0.5, 0.6) is 0 Å². The molecule has 1 saturated heterocycles. The van der Waals surface area contributed by atoms with Crippen LogP contribution in [0.4, 0.5) is 17.1 Å². The molecule has 0 atom stereocenters. The number of carbonyl (C=O) groups excluding carboxylic acids is 2. The molecule has 7 nitrogen and oxygen atoms in total. The summed E-state index contributed by atoms with van der Waals surface area (Å²) in [4.78, 5) is 31.4. The second-order valence-corrected chi connectivity index (χ2v) is 9.99. The molecule has 3 N–H and O–H groups in total. The van der Waals surface area contributed by atoms with E-state index in [1.54, 1.807) is 19.3 Å². The van der Waals surface area contributed by atoms with Crippen LogP contribution < -0.4 is 20.9 Å². The molecule has 0 radical (unpaired) electrons. The van der Waals surface area contributed by atoms with Crippen molar-refractivity contribution in [3.05, 3.63) is 84.1 Å². The molecule has 5 rings (SSSR count). The fourth-order valence-electron chi connectivity index (χ4n) is 4.37. The number of anilines is 3. The van der Waals surface area contributed by atoms with Gasteiger partial charge in [-0.3, -0.25) is 9.59 Å². The summed E-state index contributed by atoms with van der Waals surface area (Å²) in [6.45, 7) is 4.20. The predicted octanol–water partition coefficient (Wildman–Crippen LogP) is 4.35. The normalized spacial score (nSPS) is 16.6. The van der Waals surface area contributed by atoms with E-state index in [2.05, 4.69) is 44.9 Å².